The van der Waals surface area contributed by atoms with Gasteiger partial charge in [0.15, 0.2) is 0 Å². The summed E-state index contributed by atoms with van der Waals surface area (Å²) in [6.45, 7) is 1.76. The monoisotopic (exact) mass is 433 g/mol. The van der Waals surface area contributed by atoms with Crippen molar-refractivity contribution in [1.82, 2.24) is 4.90 Å². The van der Waals surface area contributed by atoms with Crippen LogP contribution < -0.4 is 15.4 Å². The van der Waals surface area contributed by atoms with E-state index in [1.165, 1.54) is 14.2 Å². The van der Waals surface area contributed by atoms with E-state index in [0.29, 0.717) is 27.7 Å². The number of halogens is 1. The molecule has 0 spiro atoms. The van der Waals surface area contributed by atoms with Crippen LogP contribution in [0, 0.1) is 6.92 Å². The van der Waals surface area contributed by atoms with Crippen molar-refractivity contribution in [2.45, 2.75) is 6.92 Å². The fourth-order valence-electron chi connectivity index (χ4n) is 2.71. The minimum absolute atomic E-state index is 0.0235. The summed E-state index contributed by atoms with van der Waals surface area (Å²) in [5.74, 6) is -0.657. The molecule has 0 fully saturated rings. The van der Waals surface area contributed by atoms with Gasteiger partial charge in [-0.1, -0.05) is 17.7 Å². The molecule has 0 radical (unpaired) electrons. The Morgan fingerprint density at radius 1 is 0.967 bits per heavy atom. The number of hydrogen-bond acceptors (Lipinski definition) is 6. The smallest absolute Gasteiger partial charge is 0.337 e. The SMILES string of the molecule is COC(=O)c1ccc(C)c(NC(=O)CN(C)CC(=O)Nc2cc(Cl)ccc2OC)c1. The summed E-state index contributed by atoms with van der Waals surface area (Å²) in [6, 6.07) is 9.79. The highest BCUT2D eigenvalue weighted by Crippen LogP contribution is 2.27. The van der Waals surface area contributed by atoms with E-state index in [1.54, 1.807) is 48.3 Å². The number of carbonyl (C=O) groups is 3. The average Bonchev–Trinajstić information content (AvgIpc) is 2.68. The van der Waals surface area contributed by atoms with Gasteiger partial charge in [0.2, 0.25) is 11.8 Å². The summed E-state index contributed by atoms with van der Waals surface area (Å²) < 4.78 is 9.89. The van der Waals surface area contributed by atoms with E-state index in [0.717, 1.165) is 5.56 Å². The van der Waals surface area contributed by atoms with Crippen molar-refractivity contribution in [3.63, 3.8) is 0 Å². The van der Waals surface area contributed by atoms with Crippen LogP contribution in [0.5, 0.6) is 5.75 Å². The van der Waals surface area contributed by atoms with Crippen LogP contribution in [0.3, 0.4) is 0 Å². The van der Waals surface area contributed by atoms with Crippen LogP contribution in [-0.4, -0.2) is 57.0 Å². The zero-order valence-electron chi connectivity index (χ0n) is 17.2. The van der Waals surface area contributed by atoms with E-state index in [1.807, 2.05) is 6.92 Å². The molecule has 9 heteroatoms. The lowest BCUT2D eigenvalue weighted by molar-refractivity contribution is -0.119. The van der Waals surface area contributed by atoms with Crippen molar-refractivity contribution < 1.29 is 23.9 Å². The fraction of sp³-hybridized carbons (Fsp3) is 0.286. The van der Waals surface area contributed by atoms with Crippen LogP contribution in [0.25, 0.3) is 0 Å². The predicted octanol–water partition coefficient (Wildman–Crippen LogP) is 2.95. The quantitative estimate of drug-likeness (QED) is 0.621. The lowest BCUT2D eigenvalue weighted by Crippen LogP contribution is -2.36. The first kappa shape index (κ1) is 23.2. The van der Waals surface area contributed by atoms with Gasteiger partial charge in [0.05, 0.1) is 38.6 Å². The Balaban J connectivity index is 1.94. The van der Waals surface area contributed by atoms with Crippen molar-refractivity contribution in [2.75, 3.05) is 45.0 Å². The number of nitrogens with zero attached hydrogens (tertiary/aromatic N) is 1. The first-order valence-corrected chi connectivity index (χ1v) is 9.42. The molecule has 0 atom stereocenters. The second-order valence-corrected chi connectivity index (χ2v) is 7.07. The molecular formula is C21H24ClN3O5. The Bertz CT molecular complexity index is 948. The molecule has 0 aliphatic rings. The molecule has 0 heterocycles. The molecule has 30 heavy (non-hydrogen) atoms. The maximum atomic E-state index is 12.4. The number of nitrogens with one attached hydrogen (secondary N) is 2. The van der Waals surface area contributed by atoms with E-state index < -0.39 is 5.97 Å². The Kier molecular flexibility index (Phi) is 8.20. The third kappa shape index (κ3) is 6.47. The average molecular weight is 434 g/mol. The number of esters is 1. The zero-order chi connectivity index (χ0) is 22.3. The molecule has 0 saturated heterocycles. The minimum atomic E-state index is -0.490. The Morgan fingerprint density at radius 3 is 2.20 bits per heavy atom. The Hall–Kier alpha value is -3.10. The number of anilines is 2. The normalized spacial score (nSPS) is 10.5. The molecule has 2 aromatic carbocycles. The molecule has 0 aliphatic heterocycles. The topological polar surface area (TPSA) is 97.0 Å². The highest BCUT2D eigenvalue weighted by atomic mass is 35.5. The van der Waals surface area contributed by atoms with Crippen LogP contribution in [0.15, 0.2) is 36.4 Å². The molecule has 0 bridgehead atoms. The van der Waals surface area contributed by atoms with Gasteiger partial charge in [-0.05, 0) is 49.9 Å². The summed E-state index contributed by atoms with van der Waals surface area (Å²) in [5.41, 5.74) is 2.08. The molecule has 2 rings (SSSR count). The number of amides is 2. The van der Waals surface area contributed by atoms with E-state index in [-0.39, 0.29) is 24.9 Å². The lowest BCUT2D eigenvalue weighted by atomic mass is 10.1. The van der Waals surface area contributed by atoms with Crippen molar-refractivity contribution in [1.29, 1.82) is 0 Å². The zero-order valence-corrected chi connectivity index (χ0v) is 18.0. The van der Waals surface area contributed by atoms with Crippen molar-refractivity contribution >= 4 is 40.8 Å². The second kappa shape index (κ2) is 10.6. The van der Waals surface area contributed by atoms with Gasteiger partial charge in [-0.3, -0.25) is 14.5 Å². The number of ether oxygens (including phenoxy) is 2. The predicted molar refractivity (Wildman–Crippen MR) is 115 cm³/mol. The number of aryl methyl sites for hydroxylation is 1. The van der Waals surface area contributed by atoms with E-state index in [2.05, 4.69) is 10.6 Å². The van der Waals surface area contributed by atoms with E-state index in [9.17, 15) is 14.4 Å². The third-order valence-corrected chi connectivity index (χ3v) is 4.43. The lowest BCUT2D eigenvalue weighted by Gasteiger charge is -2.17. The van der Waals surface area contributed by atoms with Gasteiger partial charge in [-0.15, -0.1) is 0 Å². The van der Waals surface area contributed by atoms with Crippen LogP contribution >= 0.6 is 11.6 Å². The van der Waals surface area contributed by atoms with Crippen LogP contribution in [-0.2, 0) is 14.3 Å². The molecule has 2 aromatic rings. The van der Waals surface area contributed by atoms with Gasteiger partial charge in [-0.25, -0.2) is 4.79 Å². The van der Waals surface area contributed by atoms with Crippen molar-refractivity contribution in [2.24, 2.45) is 0 Å². The molecule has 160 valence electrons. The summed E-state index contributed by atoms with van der Waals surface area (Å²) >= 11 is 5.96. The molecule has 0 saturated carbocycles. The van der Waals surface area contributed by atoms with Crippen LogP contribution in [0.2, 0.25) is 5.02 Å². The second-order valence-electron chi connectivity index (χ2n) is 6.63. The maximum Gasteiger partial charge on any atom is 0.337 e. The fourth-order valence-corrected chi connectivity index (χ4v) is 2.88. The first-order chi connectivity index (χ1) is 14.2. The standard InChI is InChI=1S/C21H24ClN3O5/c1-13-5-6-14(21(28)30-4)9-16(13)23-19(26)11-25(2)12-20(27)24-17-10-15(22)7-8-18(17)29-3/h5-10H,11-12H2,1-4H3,(H,23,26)(H,24,27). The number of likely N-dealkylation sites (N-methyl/N-ethyl adjacent to an activating group) is 1. The first-order valence-electron chi connectivity index (χ1n) is 9.04. The Labute approximate surface area is 180 Å². The Morgan fingerprint density at radius 2 is 1.60 bits per heavy atom. The summed E-state index contributed by atoms with van der Waals surface area (Å²) in [7, 11) is 4.43. The number of methoxy groups -OCH3 is 2. The van der Waals surface area contributed by atoms with Crippen molar-refractivity contribution in [3.8, 4) is 5.75 Å². The molecule has 2 amide bonds. The van der Waals surface area contributed by atoms with Gasteiger partial charge in [0.1, 0.15) is 5.75 Å². The van der Waals surface area contributed by atoms with Gasteiger partial charge < -0.3 is 20.1 Å². The van der Waals surface area contributed by atoms with Gasteiger partial charge >= 0.3 is 5.97 Å². The van der Waals surface area contributed by atoms with Crippen molar-refractivity contribution in [3.05, 3.63) is 52.5 Å². The van der Waals surface area contributed by atoms with Gasteiger partial charge in [0.25, 0.3) is 0 Å². The van der Waals surface area contributed by atoms with Crippen LogP contribution in [0.1, 0.15) is 15.9 Å². The van der Waals surface area contributed by atoms with E-state index in [4.69, 9.17) is 21.1 Å². The van der Waals surface area contributed by atoms with E-state index >= 15 is 0 Å². The molecule has 0 aliphatic carbocycles. The molecule has 2 N–H and O–H groups in total. The number of hydrogen-bond donors (Lipinski definition) is 2. The largest absolute Gasteiger partial charge is 0.495 e. The molecule has 0 aromatic heterocycles. The minimum Gasteiger partial charge on any atom is -0.495 e. The van der Waals surface area contributed by atoms with Gasteiger partial charge in [-0.2, -0.15) is 0 Å². The summed E-state index contributed by atoms with van der Waals surface area (Å²) in [4.78, 5) is 37.9. The molecular weight excluding hydrogens is 410 g/mol. The third-order valence-electron chi connectivity index (χ3n) is 4.20. The highest BCUT2D eigenvalue weighted by molar-refractivity contribution is 6.31. The number of rotatable bonds is 8. The summed E-state index contributed by atoms with van der Waals surface area (Å²) in [5, 5.41) is 5.93. The molecule has 8 nitrogen and oxygen atoms in total. The van der Waals surface area contributed by atoms with Crippen LogP contribution in [0.4, 0.5) is 11.4 Å². The maximum absolute atomic E-state index is 12.4. The molecule has 0 unspecified atom stereocenters. The number of benzene rings is 2. The summed E-state index contributed by atoms with van der Waals surface area (Å²) in [6.07, 6.45) is 0. The number of carbonyl (C=O) groups excluding carboxylic acids is 3. The van der Waals surface area contributed by atoms with Gasteiger partial charge in [0, 0.05) is 10.7 Å². The highest BCUT2D eigenvalue weighted by Gasteiger charge is 2.15.